The SMILES string of the molecule is CCOC(C)(C)CNC(C)c1ccc(S(C)(=O)=O)cc1. The van der Waals surface area contributed by atoms with Crippen LogP contribution in [0.1, 0.15) is 39.3 Å². The molecule has 1 N–H and O–H groups in total. The van der Waals surface area contributed by atoms with Gasteiger partial charge in [-0.15, -0.1) is 0 Å². The molecule has 0 aromatic heterocycles. The van der Waals surface area contributed by atoms with Crippen LogP contribution in [0.4, 0.5) is 0 Å². The average Bonchev–Trinajstić information content (AvgIpc) is 2.35. The number of ether oxygens (including phenoxy) is 1. The molecule has 0 saturated carbocycles. The number of benzene rings is 1. The Bertz CT molecular complexity index is 521. The van der Waals surface area contributed by atoms with Gasteiger partial charge in [0, 0.05) is 25.4 Å². The van der Waals surface area contributed by atoms with Gasteiger partial charge < -0.3 is 10.1 Å². The lowest BCUT2D eigenvalue weighted by Crippen LogP contribution is -2.38. The average molecular weight is 299 g/mol. The molecule has 0 amide bonds. The van der Waals surface area contributed by atoms with Crippen molar-refractivity contribution in [3.05, 3.63) is 29.8 Å². The summed E-state index contributed by atoms with van der Waals surface area (Å²) in [6, 6.07) is 7.14. The highest BCUT2D eigenvalue weighted by Gasteiger charge is 2.18. The van der Waals surface area contributed by atoms with Gasteiger partial charge >= 0.3 is 0 Å². The van der Waals surface area contributed by atoms with Crippen LogP contribution in [0.25, 0.3) is 0 Å². The molecule has 0 aliphatic carbocycles. The van der Waals surface area contributed by atoms with Gasteiger partial charge in [-0.2, -0.15) is 0 Å². The van der Waals surface area contributed by atoms with E-state index < -0.39 is 9.84 Å². The molecule has 0 aliphatic rings. The summed E-state index contributed by atoms with van der Waals surface area (Å²) in [5.41, 5.74) is 0.847. The van der Waals surface area contributed by atoms with E-state index in [4.69, 9.17) is 4.74 Å². The lowest BCUT2D eigenvalue weighted by molar-refractivity contribution is -0.0103. The van der Waals surface area contributed by atoms with Crippen LogP contribution >= 0.6 is 0 Å². The maximum atomic E-state index is 11.4. The maximum Gasteiger partial charge on any atom is 0.175 e. The molecule has 114 valence electrons. The number of nitrogens with one attached hydrogen (secondary N) is 1. The van der Waals surface area contributed by atoms with Crippen molar-refractivity contribution < 1.29 is 13.2 Å². The van der Waals surface area contributed by atoms with Crippen molar-refractivity contribution in [2.75, 3.05) is 19.4 Å². The number of sulfone groups is 1. The predicted octanol–water partition coefficient (Wildman–Crippen LogP) is 2.56. The normalized spacial score (nSPS) is 14.2. The van der Waals surface area contributed by atoms with Gasteiger partial charge in [0.2, 0.25) is 0 Å². The van der Waals surface area contributed by atoms with Crippen LogP contribution in [0, 0.1) is 0 Å². The number of hydrogen-bond acceptors (Lipinski definition) is 4. The Kier molecular flexibility index (Phi) is 5.74. The molecule has 1 rings (SSSR count). The van der Waals surface area contributed by atoms with E-state index in [9.17, 15) is 8.42 Å². The van der Waals surface area contributed by atoms with Crippen LogP contribution in [0.5, 0.6) is 0 Å². The second-order valence-corrected chi connectivity index (χ2v) is 7.65. The summed E-state index contributed by atoms with van der Waals surface area (Å²) in [6.07, 6.45) is 1.22. The summed E-state index contributed by atoms with van der Waals surface area (Å²) in [5, 5.41) is 3.41. The quantitative estimate of drug-likeness (QED) is 0.840. The van der Waals surface area contributed by atoms with Crippen LogP contribution in [-0.2, 0) is 14.6 Å². The summed E-state index contributed by atoms with van der Waals surface area (Å²) in [5.74, 6) is 0. The minimum atomic E-state index is -3.13. The van der Waals surface area contributed by atoms with E-state index in [1.807, 2.05) is 32.9 Å². The summed E-state index contributed by atoms with van der Waals surface area (Å²) in [7, 11) is -3.13. The molecule has 0 saturated heterocycles. The molecule has 0 aliphatic heterocycles. The van der Waals surface area contributed by atoms with Crippen LogP contribution < -0.4 is 5.32 Å². The molecule has 1 atom stereocenters. The Morgan fingerprint density at radius 3 is 2.25 bits per heavy atom. The summed E-state index contributed by atoms with van der Waals surface area (Å²) >= 11 is 0. The van der Waals surface area contributed by atoms with Crippen molar-refractivity contribution in [3.63, 3.8) is 0 Å². The van der Waals surface area contributed by atoms with Gasteiger partial charge in [0.25, 0.3) is 0 Å². The zero-order chi connectivity index (χ0) is 15.4. The Balaban J connectivity index is 2.67. The first-order chi connectivity index (χ1) is 9.15. The topological polar surface area (TPSA) is 55.4 Å². The summed E-state index contributed by atoms with van der Waals surface area (Å²) < 4.78 is 28.5. The second-order valence-electron chi connectivity index (χ2n) is 5.64. The van der Waals surface area contributed by atoms with E-state index in [0.29, 0.717) is 11.5 Å². The number of rotatable bonds is 7. The molecule has 0 radical (unpaired) electrons. The van der Waals surface area contributed by atoms with E-state index in [1.165, 1.54) is 6.26 Å². The Hall–Kier alpha value is -0.910. The zero-order valence-corrected chi connectivity index (χ0v) is 13.8. The summed E-state index contributed by atoms with van der Waals surface area (Å²) in [4.78, 5) is 0.350. The first kappa shape index (κ1) is 17.1. The third kappa shape index (κ3) is 5.23. The molecule has 1 aromatic carbocycles. The van der Waals surface area contributed by atoms with Crippen molar-refractivity contribution in [2.24, 2.45) is 0 Å². The molecule has 1 aromatic rings. The van der Waals surface area contributed by atoms with Crippen molar-refractivity contribution in [3.8, 4) is 0 Å². The van der Waals surface area contributed by atoms with E-state index in [-0.39, 0.29) is 11.6 Å². The molecule has 0 fully saturated rings. The van der Waals surface area contributed by atoms with Crippen molar-refractivity contribution in [1.82, 2.24) is 5.32 Å². The molecule has 20 heavy (non-hydrogen) atoms. The van der Waals surface area contributed by atoms with E-state index in [0.717, 1.165) is 12.1 Å². The minimum absolute atomic E-state index is 0.142. The summed E-state index contributed by atoms with van der Waals surface area (Å²) in [6.45, 7) is 9.54. The van der Waals surface area contributed by atoms with E-state index in [2.05, 4.69) is 12.2 Å². The van der Waals surface area contributed by atoms with Gasteiger partial charge in [-0.1, -0.05) is 12.1 Å². The first-order valence-corrected chi connectivity index (χ1v) is 8.72. The lowest BCUT2D eigenvalue weighted by Gasteiger charge is -2.27. The molecule has 4 nitrogen and oxygen atoms in total. The Labute approximate surface area is 122 Å². The first-order valence-electron chi connectivity index (χ1n) is 6.83. The van der Waals surface area contributed by atoms with Gasteiger partial charge in [0.1, 0.15) is 0 Å². The molecule has 0 heterocycles. The molecular weight excluding hydrogens is 274 g/mol. The standard InChI is InChI=1S/C15H25NO3S/c1-6-19-15(3,4)11-16-12(2)13-7-9-14(10-8-13)20(5,17)18/h7-10,12,16H,6,11H2,1-5H3. The van der Waals surface area contributed by atoms with Crippen molar-refractivity contribution in [2.45, 2.75) is 44.2 Å². The number of hydrogen-bond donors (Lipinski definition) is 1. The van der Waals surface area contributed by atoms with Crippen molar-refractivity contribution >= 4 is 9.84 Å². The Morgan fingerprint density at radius 1 is 1.25 bits per heavy atom. The Morgan fingerprint density at radius 2 is 1.80 bits per heavy atom. The van der Waals surface area contributed by atoms with Crippen LogP contribution in [0.15, 0.2) is 29.2 Å². The predicted molar refractivity (Wildman–Crippen MR) is 81.7 cm³/mol. The van der Waals surface area contributed by atoms with Gasteiger partial charge in [-0.05, 0) is 45.4 Å². The van der Waals surface area contributed by atoms with Gasteiger partial charge in [0.05, 0.1) is 10.5 Å². The maximum absolute atomic E-state index is 11.4. The lowest BCUT2D eigenvalue weighted by atomic mass is 10.1. The fourth-order valence-electron chi connectivity index (χ4n) is 1.96. The van der Waals surface area contributed by atoms with Crippen LogP contribution in [0.3, 0.4) is 0 Å². The largest absolute Gasteiger partial charge is 0.375 e. The van der Waals surface area contributed by atoms with Crippen LogP contribution in [-0.4, -0.2) is 33.4 Å². The van der Waals surface area contributed by atoms with E-state index in [1.54, 1.807) is 12.1 Å². The zero-order valence-electron chi connectivity index (χ0n) is 12.9. The van der Waals surface area contributed by atoms with Gasteiger partial charge in [-0.25, -0.2) is 8.42 Å². The molecule has 0 spiro atoms. The highest BCUT2D eigenvalue weighted by Crippen LogP contribution is 2.17. The monoisotopic (exact) mass is 299 g/mol. The van der Waals surface area contributed by atoms with E-state index >= 15 is 0 Å². The molecular formula is C15H25NO3S. The highest BCUT2D eigenvalue weighted by molar-refractivity contribution is 7.90. The van der Waals surface area contributed by atoms with Gasteiger partial charge in [-0.3, -0.25) is 0 Å². The second kappa shape index (κ2) is 6.70. The molecule has 0 bridgehead atoms. The van der Waals surface area contributed by atoms with Gasteiger partial charge in [0.15, 0.2) is 9.84 Å². The highest BCUT2D eigenvalue weighted by atomic mass is 32.2. The third-order valence-corrected chi connectivity index (χ3v) is 4.31. The third-order valence-electron chi connectivity index (χ3n) is 3.18. The van der Waals surface area contributed by atoms with Crippen LogP contribution in [0.2, 0.25) is 0 Å². The molecule has 1 unspecified atom stereocenters. The smallest absolute Gasteiger partial charge is 0.175 e. The fraction of sp³-hybridized carbons (Fsp3) is 0.600. The van der Waals surface area contributed by atoms with Crippen molar-refractivity contribution in [1.29, 1.82) is 0 Å². The minimum Gasteiger partial charge on any atom is -0.375 e. The molecule has 5 heteroatoms. The fourth-order valence-corrected chi connectivity index (χ4v) is 2.59.